The number of nitrogens with one attached hydrogen (secondary N) is 2. The predicted octanol–water partition coefficient (Wildman–Crippen LogP) is 7.13. The number of nitrogens with zero attached hydrogens (tertiary/aromatic N) is 2. The second-order valence-corrected chi connectivity index (χ2v) is 10.6. The monoisotopic (exact) mass is 742 g/mol. The van der Waals surface area contributed by atoms with Crippen LogP contribution in [0.5, 0.6) is 0 Å². The van der Waals surface area contributed by atoms with Gasteiger partial charge in [0.25, 0.3) is 0 Å². The highest BCUT2D eigenvalue weighted by Crippen LogP contribution is 2.34. The number of carboxylic acid groups (broad SMARTS) is 2. The first-order valence-corrected chi connectivity index (χ1v) is 14.6. The van der Waals surface area contributed by atoms with Crippen LogP contribution >= 0.6 is 11.6 Å². The van der Waals surface area contributed by atoms with Crippen molar-refractivity contribution in [2.75, 3.05) is 11.1 Å². The fourth-order valence-corrected chi connectivity index (χ4v) is 4.63. The largest absolute Gasteiger partial charge is 0.490 e. The van der Waals surface area contributed by atoms with Gasteiger partial charge < -0.3 is 32.0 Å². The second-order valence-electron chi connectivity index (χ2n) is 10.2. The molecule has 0 aliphatic carbocycles. The molecule has 1 amide bonds. The minimum Gasteiger partial charge on any atom is -0.475 e. The SMILES string of the molecule is CCc1cc(Cl)c(F)c(C(Nc2ccc3c(N)nccc3c2)c2nc(-c3ccccc3C(N)=O)c[nH]2)c1.O=C(O)C(F)(F)F.O=C(O)C(F)(F)F. The highest BCUT2D eigenvalue weighted by molar-refractivity contribution is 6.30. The Kier molecular flexibility index (Phi) is 12.6. The first kappa shape index (κ1) is 39.5. The van der Waals surface area contributed by atoms with E-state index in [1.165, 1.54) is 0 Å². The summed E-state index contributed by atoms with van der Waals surface area (Å²) in [6.07, 6.45) is -6.18. The normalized spacial score (nSPS) is 11.8. The molecule has 0 spiro atoms. The highest BCUT2D eigenvalue weighted by atomic mass is 35.5. The van der Waals surface area contributed by atoms with Crippen molar-refractivity contribution < 1.29 is 55.3 Å². The van der Waals surface area contributed by atoms with E-state index >= 15 is 4.39 Å². The zero-order valence-corrected chi connectivity index (χ0v) is 26.7. The van der Waals surface area contributed by atoms with Gasteiger partial charge in [-0.15, -0.1) is 0 Å². The number of halogens is 8. The van der Waals surface area contributed by atoms with Crippen LogP contribution in [0, 0.1) is 5.82 Å². The van der Waals surface area contributed by atoms with E-state index in [1.807, 2.05) is 31.2 Å². The Bertz CT molecular complexity index is 2030. The molecule has 8 N–H and O–H groups in total. The van der Waals surface area contributed by atoms with Crippen molar-refractivity contribution >= 4 is 51.7 Å². The summed E-state index contributed by atoms with van der Waals surface area (Å²) < 4.78 is 78.9. The van der Waals surface area contributed by atoms with Gasteiger partial charge in [0.1, 0.15) is 23.5 Å². The molecule has 0 aliphatic heterocycles. The highest BCUT2D eigenvalue weighted by Gasteiger charge is 2.39. The van der Waals surface area contributed by atoms with Gasteiger partial charge in [0.05, 0.1) is 10.7 Å². The third-order valence-corrected chi connectivity index (χ3v) is 7.04. The van der Waals surface area contributed by atoms with Gasteiger partial charge in [0.15, 0.2) is 0 Å². The molecule has 11 nitrogen and oxygen atoms in total. The van der Waals surface area contributed by atoms with Crippen molar-refractivity contribution in [1.82, 2.24) is 15.0 Å². The number of H-pyrrole nitrogens is 1. The van der Waals surface area contributed by atoms with Crippen molar-refractivity contribution in [2.45, 2.75) is 31.7 Å². The van der Waals surface area contributed by atoms with Crippen LogP contribution in [0.25, 0.3) is 22.0 Å². The smallest absolute Gasteiger partial charge is 0.475 e. The third-order valence-electron chi connectivity index (χ3n) is 6.77. The van der Waals surface area contributed by atoms with E-state index in [4.69, 9.17) is 47.9 Å². The number of rotatable bonds is 7. The number of aryl methyl sites for hydroxylation is 1. The Balaban J connectivity index is 0.000000424. The summed E-state index contributed by atoms with van der Waals surface area (Å²) in [5.74, 6) is -5.75. The second kappa shape index (κ2) is 16.2. The van der Waals surface area contributed by atoms with Crippen LogP contribution in [0.15, 0.2) is 73.1 Å². The minimum absolute atomic E-state index is 0.0318. The first-order valence-electron chi connectivity index (χ1n) is 14.2. The van der Waals surface area contributed by atoms with Gasteiger partial charge in [0.2, 0.25) is 5.91 Å². The summed E-state index contributed by atoms with van der Waals surface area (Å²) in [5, 5.41) is 19.4. The number of carbonyl (C=O) groups excluding carboxylic acids is 1. The lowest BCUT2D eigenvalue weighted by Crippen LogP contribution is -2.21. The molecule has 0 radical (unpaired) electrons. The summed E-state index contributed by atoms with van der Waals surface area (Å²) in [7, 11) is 0. The fraction of sp³-hybridized carbons (Fsp3) is 0.156. The number of primary amides is 1. The molecule has 270 valence electrons. The molecule has 1 atom stereocenters. The van der Waals surface area contributed by atoms with Crippen LogP contribution in [0.3, 0.4) is 0 Å². The molecule has 5 aromatic rings. The Morgan fingerprint density at radius 2 is 1.57 bits per heavy atom. The molecule has 0 fully saturated rings. The third kappa shape index (κ3) is 10.3. The fourth-order valence-electron chi connectivity index (χ4n) is 4.38. The van der Waals surface area contributed by atoms with Gasteiger partial charge in [-0.2, -0.15) is 26.3 Å². The topological polar surface area (TPSA) is 197 Å². The van der Waals surface area contributed by atoms with Crippen LogP contribution in [0.1, 0.15) is 40.3 Å². The number of benzene rings is 3. The Labute approximate surface area is 288 Å². The van der Waals surface area contributed by atoms with Crippen LogP contribution in [0.2, 0.25) is 5.02 Å². The van der Waals surface area contributed by atoms with E-state index in [0.717, 1.165) is 22.0 Å². The standard InChI is InChI=1S/C28H24ClFN6O.2C2HF3O2/c1-2-15-11-21(24(30)22(29)12-15)25(35-17-7-8-18-16(13-17)9-10-33-26(18)31)28-34-14-23(36-28)19-5-3-4-6-20(19)27(32)37;2*3-2(4,5)1(6)7/h3-14,25,35H,2H2,1H3,(H2,31,33)(H2,32,37)(H,34,36);2*(H,6,7). The molecule has 2 aromatic heterocycles. The quantitative estimate of drug-likeness (QED) is 0.0940. The van der Waals surface area contributed by atoms with E-state index in [-0.39, 0.29) is 5.02 Å². The van der Waals surface area contributed by atoms with E-state index in [2.05, 4.69) is 15.3 Å². The number of imidazole rings is 1. The van der Waals surface area contributed by atoms with E-state index in [1.54, 1.807) is 48.8 Å². The van der Waals surface area contributed by atoms with Crippen LogP contribution < -0.4 is 16.8 Å². The lowest BCUT2D eigenvalue weighted by Gasteiger charge is -2.21. The number of hydrogen-bond acceptors (Lipinski definition) is 7. The number of alkyl halides is 6. The molecule has 0 saturated carbocycles. The number of nitrogens with two attached hydrogens (primary N) is 2. The van der Waals surface area contributed by atoms with Crippen LogP contribution in [-0.4, -0.2) is 55.4 Å². The summed E-state index contributed by atoms with van der Waals surface area (Å²) in [6, 6.07) is 17.1. The summed E-state index contributed by atoms with van der Waals surface area (Å²) in [5.41, 5.74) is 14.9. The molecule has 3 aromatic carbocycles. The number of aliphatic carboxylic acids is 2. The molecule has 0 bridgehead atoms. The van der Waals surface area contributed by atoms with Crippen molar-refractivity contribution in [1.29, 1.82) is 0 Å². The number of carbonyl (C=O) groups is 3. The zero-order chi connectivity index (χ0) is 38.3. The molecule has 19 heteroatoms. The summed E-state index contributed by atoms with van der Waals surface area (Å²) in [4.78, 5) is 41.8. The number of anilines is 2. The summed E-state index contributed by atoms with van der Waals surface area (Å²) in [6.45, 7) is 1.98. The van der Waals surface area contributed by atoms with Gasteiger partial charge in [-0.05, 0) is 53.8 Å². The van der Waals surface area contributed by atoms with E-state index in [0.29, 0.717) is 40.4 Å². The van der Waals surface area contributed by atoms with Crippen molar-refractivity contribution in [3.05, 3.63) is 106 Å². The van der Waals surface area contributed by atoms with Crippen molar-refractivity contribution in [3.63, 3.8) is 0 Å². The average molecular weight is 743 g/mol. The van der Waals surface area contributed by atoms with Gasteiger partial charge in [-0.25, -0.2) is 23.9 Å². The molecule has 51 heavy (non-hydrogen) atoms. The molecular weight excluding hydrogens is 717 g/mol. The minimum atomic E-state index is -5.08. The zero-order valence-electron chi connectivity index (χ0n) is 25.9. The molecule has 0 aliphatic rings. The van der Waals surface area contributed by atoms with Gasteiger partial charge in [0, 0.05) is 40.2 Å². The van der Waals surface area contributed by atoms with Crippen molar-refractivity contribution in [2.24, 2.45) is 5.73 Å². The molecule has 2 heterocycles. The summed E-state index contributed by atoms with van der Waals surface area (Å²) >= 11 is 6.28. The van der Waals surface area contributed by atoms with Crippen molar-refractivity contribution in [3.8, 4) is 11.3 Å². The maximum atomic E-state index is 15.5. The lowest BCUT2D eigenvalue weighted by molar-refractivity contribution is -0.193. The number of amides is 1. The van der Waals surface area contributed by atoms with Crippen LogP contribution in [0.4, 0.5) is 42.2 Å². The number of nitrogen functional groups attached to an aromatic ring is 1. The molecule has 0 saturated heterocycles. The number of fused-ring (bicyclic) bond motifs is 1. The maximum Gasteiger partial charge on any atom is 0.490 e. The Morgan fingerprint density at radius 3 is 2.14 bits per heavy atom. The first-order chi connectivity index (χ1) is 23.7. The predicted molar refractivity (Wildman–Crippen MR) is 172 cm³/mol. The Morgan fingerprint density at radius 1 is 0.961 bits per heavy atom. The van der Waals surface area contributed by atoms with Gasteiger partial charge in [-0.1, -0.05) is 42.8 Å². The molecular formula is C32H26ClF7N6O5. The Hall–Kier alpha value is -5.91. The number of carboxylic acids is 2. The van der Waals surface area contributed by atoms with E-state index < -0.39 is 42.1 Å². The number of aromatic nitrogens is 3. The number of aromatic amines is 1. The lowest BCUT2D eigenvalue weighted by atomic mass is 10.0. The van der Waals surface area contributed by atoms with E-state index in [9.17, 15) is 31.1 Å². The molecule has 1 unspecified atom stereocenters. The number of hydrogen-bond donors (Lipinski definition) is 6. The molecule has 5 rings (SSSR count). The average Bonchev–Trinajstić information content (AvgIpc) is 3.55. The maximum absolute atomic E-state index is 15.5. The van der Waals surface area contributed by atoms with Gasteiger partial charge in [-0.3, -0.25) is 4.79 Å². The van der Waals surface area contributed by atoms with Crippen LogP contribution in [-0.2, 0) is 16.0 Å². The van der Waals surface area contributed by atoms with Gasteiger partial charge >= 0.3 is 24.3 Å². The number of pyridine rings is 1.